The smallest absolute Gasteiger partial charge is 0.270 e. The molecule has 146 valence electrons. The molecule has 0 bridgehead atoms. The average Bonchev–Trinajstić information content (AvgIpc) is 3.15. The lowest BCUT2D eigenvalue weighted by molar-refractivity contribution is 0.0983. The molecule has 1 aliphatic rings. The number of rotatable bonds is 4. The van der Waals surface area contributed by atoms with Crippen LogP contribution in [0.4, 0.5) is 5.82 Å². The summed E-state index contributed by atoms with van der Waals surface area (Å²) in [6, 6.07) is 6.59. The van der Waals surface area contributed by atoms with Gasteiger partial charge in [0.15, 0.2) is 21.3 Å². The van der Waals surface area contributed by atoms with Gasteiger partial charge in [-0.15, -0.1) is 10.2 Å². The van der Waals surface area contributed by atoms with Crippen LogP contribution < -0.4 is 5.73 Å². The molecule has 0 saturated carbocycles. The third kappa shape index (κ3) is 3.48. The number of ether oxygens (including phenoxy) is 1. The highest BCUT2D eigenvalue weighted by atomic mass is 32.2. The van der Waals surface area contributed by atoms with Gasteiger partial charge in [-0.3, -0.25) is 0 Å². The van der Waals surface area contributed by atoms with Crippen LogP contribution in [0.2, 0.25) is 0 Å². The van der Waals surface area contributed by atoms with E-state index in [1.165, 1.54) is 6.20 Å². The minimum Gasteiger partial charge on any atom is -0.420 e. The summed E-state index contributed by atoms with van der Waals surface area (Å²) in [6.07, 6.45) is 2.55. The summed E-state index contributed by atoms with van der Waals surface area (Å²) in [5.41, 5.74) is 7.40. The lowest BCUT2D eigenvalue weighted by Crippen LogP contribution is -2.28. The number of aromatic nitrogens is 4. The lowest BCUT2D eigenvalue weighted by Gasteiger charge is -2.22. The Morgan fingerprint density at radius 1 is 1.11 bits per heavy atom. The van der Waals surface area contributed by atoms with Crippen molar-refractivity contribution in [3.63, 3.8) is 0 Å². The fourth-order valence-corrected chi connectivity index (χ4v) is 4.79. The maximum absolute atomic E-state index is 12.8. The molecule has 0 spiro atoms. The monoisotopic (exact) mass is 401 g/mol. The molecule has 10 heteroatoms. The lowest BCUT2D eigenvalue weighted by atomic mass is 10.1. The van der Waals surface area contributed by atoms with Gasteiger partial charge < -0.3 is 14.9 Å². The molecule has 2 aromatic heterocycles. The van der Waals surface area contributed by atoms with Crippen LogP contribution in [0.3, 0.4) is 0 Å². The first-order chi connectivity index (χ1) is 13.4. The first-order valence-corrected chi connectivity index (χ1v) is 10.3. The molecule has 1 aromatic carbocycles. The maximum Gasteiger partial charge on any atom is 0.270 e. The summed E-state index contributed by atoms with van der Waals surface area (Å²) in [7, 11) is -3.39. The van der Waals surface area contributed by atoms with Crippen LogP contribution in [0.15, 0.2) is 39.8 Å². The Hall–Kier alpha value is -2.85. The molecule has 0 aliphatic carbocycles. The van der Waals surface area contributed by atoms with Gasteiger partial charge in [0.2, 0.25) is 5.89 Å². The quantitative estimate of drug-likeness (QED) is 0.696. The summed E-state index contributed by atoms with van der Waals surface area (Å²) < 4.78 is 36.2. The van der Waals surface area contributed by atoms with E-state index in [1.807, 2.05) is 0 Å². The SMILES string of the molecule is Cc1nnc(-c2nc(-c3ccc(S(=O)(=O)C4CCOCC4)cc3)cnc2N)o1. The number of aryl methyl sites for hydroxylation is 1. The normalized spacial score (nSPS) is 15.6. The van der Waals surface area contributed by atoms with Crippen LogP contribution in [-0.4, -0.2) is 47.0 Å². The molecular weight excluding hydrogens is 382 g/mol. The van der Waals surface area contributed by atoms with Crippen molar-refractivity contribution in [1.82, 2.24) is 20.2 Å². The number of nitrogen functional groups attached to an aromatic ring is 1. The first-order valence-electron chi connectivity index (χ1n) is 8.80. The summed E-state index contributed by atoms with van der Waals surface area (Å²) in [4.78, 5) is 8.89. The van der Waals surface area contributed by atoms with Crippen molar-refractivity contribution in [2.24, 2.45) is 0 Å². The Morgan fingerprint density at radius 3 is 2.46 bits per heavy atom. The fraction of sp³-hybridized carbons (Fsp3) is 0.333. The number of hydrogen-bond donors (Lipinski definition) is 1. The summed E-state index contributed by atoms with van der Waals surface area (Å²) in [5.74, 6) is 0.749. The van der Waals surface area contributed by atoms with Gasteiger partial charge in [-0.05, 0) is 25.0 Å². The van der Waals surface area contributed by atoms with Crippen LogP contribution in [0.25, 0.3) is 22.8 Å². The van der Waals surface area contributed by atoms with Gasteiger partial charge in [0.05, 0.1) is 22.0 Å². The van der Waals surface area contributed by atoms with E-state index in [2.05, 4.69) is 20.2 Å². The molecular formula is C18H19N5O4S. The minimum atomic E-state index is -3.39. The van der Waals surface area contributed by atoms with E-state index in [0.717, 1.165) is 0 Å². The number of benzene rings is 1. The number of nitrogens with zero attached hydrogens (tertiary/aromatic N) is 4. The van der Waals surface area contributed by atoms with Crippen molar-refractivity contribution in [3.05, 3.63) is 36.4 Å². The van der Waals surface area contributed by atoms with Gasteiger partial charge in [0, 0.05) is 25.7 Å². The van der Waals surface area contributed by atoms with Crippen LogP contribution >= 0.6 is 0 Å². The van der Waals surface area contributed by atoms with Crippen LogP contribution in [0.5, 0.6) is 0 Å². The number of anilines is 1. The third-order valence-corrected chi connectivity index (χ3v) is 6.89. The minimum absolute atomic E-state index is 0.172. The molecule has 1 saturated heterocycles. The molecule has 0 amide bonds. The number of hydrogen-bond acceptors (Lipinski definition) is 9. The van der Waals surface area contributed by atoms with Crippen molar-refractivity contribution in [2.75, 3.05) is 18.9 Å². The molecule has 0 atom stereocenters. The molecule has 3 aromatic rings. The van der Waals surface area contributed by atoms with E-state index in [1.54, 1.807) is 31.2 Å². The second-order valence-corrected chi connectivity index (χ2v) is 8.72. The van der Waals surface area contributed by atoms with Gasteiger partial charge in [-0.25, -0.2) is 18.4 Å². The van der Waals surface area contributed by atoms with Crippen LogP contribution in [0.1, 0.15) is 18.7 Å². The second kappa shape index (κ2) is 7.28. The fourth-order valence-electron chi connectivity index (χ4n) is 3.08. The zero-order chi connectivity index (χ0) is 19.7. The van der Waals surface area contributed by atoms with Gasteiger partial charge in [-0.2, -0.15) is 0 Å². The Labute approximate surface area is 161 Å². The topological polar surface area (TPSA) is 134 Å². The second-order valence-electron chi connectivity index (χ2n) is 6.50. The predicted molar refractivity (Wildman–Crippen MR) is 101 cm³/mol. The molecule has 9 nitrogen and oxygen atoms in total. The standard InChI is InChI=1S/C18H19N5O4S/c1-11-22-23-18(27-11)16-17(19)20-10-15(21-16)12-2-4-13(5-3-12)28(24,25)14-6-8-26-9-7-14/h2-5,10,14H,6-9H2,1H3,(H2,19,20). The van der Waals surface area contributed by atoms with E-state index in [4.69, 9.17) is 14.9 Å². The molecule has 2 N–H and O–H groups in total. The van der Waals surface area contributed by atoms with Gasteiger partial charge in [0.25, 0.3) is 5.89 Å². The van der Waals surface area contributed by atoms with Gasteiger partial charge in [-0.1, -0.05) is 12.1 Å². The molecule has 28 heavy (non-hydrogen) atoms. The Bertz CT molecular complexity index is 1090. The van der Waals surface area contributed by atoms with Crippen molar-refractivity contribution < 1.29 is 17.6 Å². The molecule has 1 fully saturated rings. The van der Waals surface area contributed by atoms with Crippen molar-refractivity contribution in [1.29, 1.82) is 0 Å². The van der Waals surface area contributed by atoms with E-state index < -0.39 is 15.1 Å². The Morgan fingerprint density at radius 2 is 1.82 bits per heavy atom. The summed E-state index contributed by atoms with van der Waals surface area (Å²) in [5, 5.41) is 7.29. The Kier molecular flexibility index (Phi) is 4.82. The van der Waals surface area contributed by atoms with Gasteiger partial charge in [0.1, 0.15) is 0 Å². The third-order valence-electron chi connectivity index (χ3n) is 4.62. The highest BCUT2D eigenvalue weighted by Gasteiger charge is 2.29. The molecule has 3 heterocycles. The predicted octanol–water partition coefficient (Wildman–Crippen LogP) is 2.04. The zero-order valence-electron chi connectivity index (χ0n) is 15.2. The van der Waals surface area contributed by atoms with E-state index in [-0.39, 0.29) is 17.4 Å². The number of nitrogens with two attached hydrogens (primary N) is 1. The molecule has 0 radical (unpaired) electrons. The number of sulfone groups is 1. The Balaban J connectivity index is 1.64. The average molecular weight is 401 g/mol. The first kappa shape index (κ1) is 18.5. The largest absolute Gasteiger partial charge is 0.420 e. The van der Waals surface area contributed by atoms with Gasteiger partial charge >= 0.3 is 0 Å². The highest BCUT2D eigenvalue weighted by Crippen LogP contribution is 2.28. The van der Waals surface area contributed by atoms with E-state index >= 15 is 0 Å². The summed E-state index contributed by atoms with van der Waals surface area (Å²) in [6.45, 7) is 2.61. The maximum atomic E-state index is 12.8. The molecule has 0 unspecified atom stereocenters. The summed E-state index contributed by atoms with van der Waals surface area (Å²) >= 11 is 0. The van der Waals surface area contributed by atoms with Crippen LogP contribution in [-0.2, 0) is 14.6 Å². The van der Waals surface area contributed by atoms with Crippen molar-refractivity contribution in [3.8, 4) is 22.8 Å². The molecule has 1 aliphatic heterocycles. The van der Waals surface area contributed by atoms with Crippen molar-refractivity contribution >= 4 is 15.7 Å². The highest BCUT2D eigenvalue weighted by molar-refractivity contribution is 7.92. The van der Waals surface area contributed by atoms with E-state index in [0.29, 0.717) is 48.1 Å². The van der Waals surface area contributed by atoms with Crippen LogP contribution in [0, 0.1) is 6.92 Å². The van der Waals surface area contributed by atoms with Crippen molar-refractivity contribution in [2.45, 2.75) is 29.9 Å². The molecule has 4 rings (SSSR count). The van der Waals surface area contributed by atoms with E-state index in [9.17, 15) is 8.42 Å². The zero-order valence-corrected chi connectivity index (χ0v) is 16.0.